The number of ether oxygens (including phenoxy) is 3. The molecule has 0 amide bonds. The molecule has 1 atom stereocenters. The fourth-order valence-corrected chi connectivity index (χ4v) is 8.43. The summed E-state index contributed by atoms with van der Waals surface area (Å²) < 4.78 is 16.9. The fourth-order valence-electron chi connectivity index (χ4n) is 8.43. The molecule has 70 heavy (non-hydrogen) atoms. The van der Waals surface area contributed by atoms with Crippen molar-refractivity contribution in [2.75, 3.05) is 13.2 Å². The summed E-state index contributed by atoms with van der Waals surface area (Å²) in [5, 5.41) is 0. The largest absolute Gasteiger partial charge is 0.462 e. The molecule has 0 aromatic rings. The van der Waals surface area contributed by atoms with E-state index in [1.165, 1.54) is 173 Å². The monoisotopic (exact) mass is 975 g/mol. The van der Waals surface area contributed by atoms with Gasteiger partial charge in [-0.1, -0.05) is 311 Å². The van der Waals surface area contributed by atoms with Crippen molar-refractivity contribution < 1.29 is 28.6 Å². The average molecular weight is 976 g/mol. The lowest BCUT2D eigenvalue weighted by molar-refractivity contribution is -0.167. The summed E-state index contributed by atoms with van der Waals surface area (Å²) in [5.74, 6) is -0.921. The average Bonchev–Trinajstić information content (AvgIpc) is 3.36. The molecule has 0 aliphatic heterocycles. The number of rotatable bonds is 53. The standard InChI is InChI=1S/C64H110O6/c1-4-7-10-13-16-19-22-25-28-31-32-34-36-39-42-45-48-51-54-57-63(66)69-60-61(59-68-62(65)56-53-50-47-44-41-38-35-30-27-24-21-18-15-12-9-6-3)70-64(67)58-55-52-49-46-43-40-37-33-29-26-23-20-17-14-11-8-5-2/h7,10,13,16,19,22,25,28,31-32,34,36,39,42,61H,4-6,8-9,11-12,14-15,17-18,20-21,23-24,26-27,29-30,33,35,37-38,40-41,43-60H2,1-3H3/b10-7-,16-13-,22-19-,28-25-,32-31+,36-34-,42-39-. The van der Waals surface area contributed by atoms with E-state index >= 15 is 0 Å². The van der Waals surface area contributed by atoms with Crippen LogP contribution in [0.4, 0.5) is 0 Å². The molecule has 0 aromatic carbocycles. The summed E-state index contributed by atoms with van der Waals surface area (Å²) in [6.07, 6.45) is 75.7. The van der Waals surface area contributed by atoms with E-state index in [9.17, 15) is 14.4 Å². The number of unbranched alkanes of at least 4 members (excludes halogenated alkanes) is 34. The van der Waals surface area contributed by atoms with Crippen LogP contribution in [-0.2, 0) is 28.6 Å². The van der Waals surface area contributed by atoms with Gasteiger partial charge in [0.2, 0.25) is 0 Å². The zero-order chi connectivity index (χ0) is 50.7. The Balaban J connectivity index is 4.46. The summed E-state index contributed by atoms with van der Waals surface area (Å²) in [7, 11) is 0. The molecule has 0 bridgehead atoms. The highest BCUT2D eigenvalue weighted by Gasteiger charge is 2.19. The van der Waals surface area contributed by atoms with Crippen LogP contribution in [0.25, 0.3) is 0 Å². The first-order valence-corrected chi connectivity index (χ1v) is 29.7. The maximum Gasteiger partial charge on any atom is 0.306 e. The molecular weight excluding hydrogens is 865 g/mol. The summed E-state index contributed by atoms with van der Waals surface area (Å²) in [6.45, 7) is 6.49. The zero-order valence-electron chi connectivity index (χ0n) is 46.0. The van der Waals surface area contributed by atoms with Crippen molar-refractivity contribution in [3.05, 3.63) is 85.1 Å². The van der Waals surface area contributed by atoms with Gasteiger partial charge in [-0.3, -0.25) is 14.4 Å². The quantitative estimate of drug-likeness (QED) is 0.0261. The number of allylic oxidation sites excluding steroid dienone is 14. The normalized spacial score (nSPS) is 12.7. The Morgan fingerprint density at radius 1 is 0.300 bits per heavy atom. The molecular formula is C64H110O6. The van der Waals surface area contributed by atoms with Crippen LogP contribution in [0.1, 0.15) is 284 Å². The third-order valence-electron chi connectivity index (χ3n) is 12.9. The summed E-state index contributed by atoms with van der Waals surface area (Å²) in [6, 6.07) is 0. The first-order valence-electron chi connectivity index (χ1n) is 29.7. The molecule has 0 aliphatic rings. The molecule has 0 saturated carbocycles. The Kier molecular flexibility index (Phi) is 55.3. The molecule has 6 heteroatoms. The van der Waals surface area contributed by atoms with E-state index in [0.717, 1.165) is 70.6 Å². The van der Waals surface area contributed by atoms with Crippen LogP contribution in [0.2, 0.25) is 0 Å². The highest BCUT2D eigenvalue weighted by Crippen LogP contribution is 2.17. The molecule has 0 heterocycles. The Morgan fingerprint density at radius 3 is 0.871 bits per heavy atom. The minimum absolute atomic E-state index is 0.0877. The van der Waals surface area contributed by atoms with Crippen molar-refractivity contribution in [3.63, 3.8) is 0 Å². The van der Waals surface area contributed by atoms with Crippen molar-refractivity contribution in [2.24, 2.45) is 0 Å². The molecule has 402 valence electrons. The highest BCUT2D eigenvalue weighted by atomic mass is 16.6. The van der Waals surface area contributed by atoms with Crippen LogP contribution in [0, 0.1) is 0 Å². The molecule has 6 nitrogen and oxygen atoms in total. The van der Waals surface area contributed by atoms with E-state index < -0.39 is 6.10 Å². The Hall–Kier alpha value is -3.41. The van der Waals surface area contributed by atoms with Gasteiger partial charge in [0, 0.05) is 19.3 Å². The molecule has 0 spiro atoms. The van der Waals surface area contributed by atoms with E-state index in [4.69, 9.17) is 14.2 Å². The van der Waals surface area contributed by atoms with Crippen molar-refractivity contribution in [3.8, 4) is 0 Å². The van der Waals surface area contributed by atoms with Crippen LogP contribution in [-0.4, -0.2) is 37.2 Å². The smallest absolute Gasteiger partial charge is 0.306 e. The predicted molar refractivity (Wildman–Crippen MR) is 302 cm³/mol. The number of esters is 3. The Morgan fingerprint density at radius 2 is 0.557 bits per heavy atom. The van der Waals surface area contributed by atoms with E-state index in [1.54, 1.807) is 0 Å². The van der Waals surface area contributed by atoms with E-state index in [0.29, 0.717) is 19.3 Å². The molecule has 0 N–H and O–H groups in total. The van der Waals surface area contributed by atoms with Crippen molar-refractivity contribution >= 4 is 17.9 Å². The van der Waals surface area contributed by atoms with Gasteiger partial charge in [-0.2, -0.15) is 0 Å². The van der Waals surface area contributed by atoms with Gasteiger partial charge in [0.1, 0.15) is 13.2 Å². The van der Waals surface area contributed by atoms with Gasteiger partial charge in [-0.25, -0.2) is 0 Å². The van der Waals surface area contributed by atoms with Crippen LogP contribution in [0.3, 0.4) is 0 Å². The van der Waals surface area contributed by atoms with Crippen LogP contribution >= 0.6 is 0 Å². The summed E-state index contributed by atoms with van der Waals surface area (Å²) in [4.78, 5) is 38.2. The van der Waals surface area contributed by atoms with Crippen LogP contribution in [0.15, 0.2) is 85.1 Å². The van der Waals surface area contributed by atoms with Crippen LogP contribution < -0.4 is 0 Å². The molecule has 0 rings (SSSR count). The SMILES string of the molecule is CC\C=C/C=C\C=C/C=C\C=C\C=C/C=C\CCCCCC(=O)OCC(COC(=O)CCCCCCCCCCCCCCCCCC)OC(=O)CCCCCCCCCCCCCCCCCCC. The highest BCUT2D eigenvalue weighted by molar-refractivity contribution is 5.71. The Labute approximate surface area is 433 Å². The van der Waals surface area contributed by atoms with Crippen molar-refractivity contribution in [2.45, 2.75) is 290 Å². The summed E-state index contributed by atoms with van der Waals surface area (Å²) in [5.41, 5.74) is 0. The van der Waals surface area contributed by atoms with Gasteiger partial charge in [-0.05, 0) is 38.5 Å². The van der Waals surface area contributed by atoms with E-state index in [2.05, 4.69) is 39.0 Å². The lowest BCUT2D eigenvalue weighted by atomic mass is 10.0. The maximum absolute atomic E-state index is 12.9. The lowest BCUT2D eigenvalue weighted by Crippen LogP contribution is -2.30. The third kappa shape index (κ3) is 55.5. The molecule has 0 radical (unpaired) electrons. The molecule has 0 fully saturated rings. The molecule has 1 unspecified atom stereocenters. The van der Waals surface area contributed by atoms with Crippen LogP contribution in [0.5, 0.6) is 0 Å². The minimum Gasteiger partial charge on any atom is -0.462 e. The fraction of sp³-hybridized carbons (Fsp3) is 0.734. The van der Waals surface area contributed by atoms with E-state index in [1.807, 2.05) is 66.8 Å². The zero-order valence-corrected chi connectivity index (χ0v) is 46.0. The summed E-state index contributed by atoms with van der Waals surface area (Å²) >= 11 is 0. The maximum atomic E-state index is 12.9. The van der Waals surface area contributed by atoms with Gasteiger partial charge in [0.25, 0.3) is 0 Å². The number of hydrogen-bond acceptors (Lipinski definition) is 6. The topological polar surface area (TPSA) is 78.9 Å². The van der Waals surface area contributed by atoms with Gasteiger partial charge in [0.05, 0.1) is 0 Å². The molecule has 0 saturated heterocycles. The first kappa shape index (κ1) is 66.6. The second kappa shape index (κ2) is 58.2. The van der Waals surface area contributed by atoms with Crippen molar-refractivity contribution in [1.29, 1.82) is 0 Å². The van der Waals surface area contributed by atoms with Gasteiger partial charge in [0.15, 0.2) is 6.10 Å². The second-order valence-electron chi connectivity index (χ2n) is 19.7. The van der Waals surface area contributed by atoms with E-state index in [-0.39, 0.29) is 31.1 Å². The number of carbonyl (C=O) groups is 3. The predicted octanol–water partition coefficient (Wildman–Crippen LogP) is 19.9. The second-order valence-corrected chi connectivity index (χ2v) is 19.7. The number of carbonyl (C=O) groups excluding carboxylic acids is 3. The first-order chi connectivity index (χ1) is 34.5. The molecule has 0 aromatic heterocycles. The lowest BCUT2D eigenvalue weighted by Gasteiger charge is -2.18. The molecule has 0 aliphatic carbocycles. The van der Waals surface area contributed by atoms with Gasteiger partial charge >= 0.3 is 17.9 Å². The van der Waals surface area contributed by atoms with Gasteiger partial charge in [-0.15, -0.1) is 0 Å². The van der Waals surface area contributed by atoms with Gasteiger partial charge < -0.3 is 14.2 Å². The minimum atomic E-state index is -0.793. The Bertz CT molecular complexity index is 1350. The number of hydrogen-bond donors (Lipinski definition) is 0. The van der Waals surface area contributed by atoms with Crippen molar-refractivity contribution in [1.82, 2.24) is 0 Å². The third-order valence-corrected chi connectivity index (χ3v) is 12.9.